The zero-order chi connectivity index (χ0) is 18.8. The van der Waals surface area contributed by atoms with Gasteiger partial charge in [0.25, 0.3) is 0 Å². The van der Waals surface area contributed by atoms with E-state index in [4.69, 9.17) is 0 Å². The van der Waals surface area contributed by atoms with Crippen molar-refractivity contribution in [3.05, 3.63) is 89.8 Å². The zero-order valence-corrected chi connectivity index (χ0v) is 16.1. The molecule has 1 aliphatic rings. The van der Waals surface area contributed by atoms with Crippen molar-refractivity contribution in [2.75, 3.05) is 5.32 Å². The van der Waals surface area contributed by atoms with E-state index >= 15 is 0 Å². The lowest BCUT2D eigenvalue weighted by atomic mass is 10.1. The van der Waals surface area contributed by atoms with Crippen LogP contribution in [0.2, 0.25) is 0 Å². The van der Waals surface area contributed by atoms with Gasteiger partial charge in [-0.3, -0.25) is 0 Å². The first kappa shape index (κ1) is 17.8. The molecule has 132 valence electrons. The van der Waals surface area contributed by atoms with E-state index in [9.17, 15) is 0 Å². The molecular formula is C24H26N2. The monoisotopic (exact) mass is 342 g/mol. The van der Waals surface area contributed by atoms with Crippen molar-refractivity contribution in [1.29, 1.82) is 0 Å². The second-order valence-corrected chi connectivity index (χ2v) is 6.30. The molecule has 26 heavy (non-hydrogen) atoms. The Hall–Kier alpha value is -3.00. The summed E-state index contributed by atoms with van der Waals surface area (Å²) in [6, 6.07) is 15.0. The molecule has 0 saturated heterocycles. The summed E-state index contributed by atoms with van der Waals surface area (Å²) in [5, 5.41) is 4.65. The molecule has 0 atom stereocenters. The van der Waals surface area contributed by atoms with Crippen LogP contribution in [0.5, 0.6) is 0 Å². The number of nitrogens with one attached hydrogen (secondary N) is 1. The molecule has 0 saturated carbocycles. The zero-order valence-electron chi connectivity index (χ0n) is 16.1. The van der Waals surface area contributed by atoms with Gasteiger partial charge in [-0.05, 0) is 49.2 Å². The highest BCUT2D eigenvalue weighted by atomic mass is 15.0. The van der Waals surface area contributed by atoms with Crippen LogP contribution in [0.25, 0.3) is 22.7 Å². The molecule has 1 N–H and O–H groups in total. The number of hydrogen-bond donors (Lipinski definition) is 1. The van der Waals surface area contributed by atoms with Crippen LogP contribution in [0.4, 0.5) is 5.69 Å². The van der Waals surface area contributed by atoms with E-state index in [0.29, 0.717) is 0 Å². The fourth-order valence-corrected chi connectivity index (χ4v) is 3.32. The summed E-state index contributed by atoms with van der Waals surface area (Å²) < 4.78 is 2.33. The lowest BCUT2D eigenvalue weighted by molar-refractivity contribution is 1.04. The average molecular weight is 342 g/mol. The first-order valence-corrected chi connectivity index (χ1v) is 9.10. The first-order chi connectivity index (χ1) is 12.6. The number of nitrogens with zero attached hydrogens (tertiary/aromatic N) is 1. The molecule has 4 rings (SSSR count). The van der Waals surface area contributed by atoms with E-state index in [1.54, 1.807) is 0 Å². The topological polar surface area (TPSA) is 17.0 Å². The van der Waals surface area contributed by atoms with Crippen molar-refractivity contribution < 1.29 is 0 Å². The fraction of sp³-hybridized carbons (Fsp3) is 0.167. The number of aromatic nitrogens is 1. The molecule has 0 spiro atoms. The minimum Gasteiger partial charge on any atom is -0.355 e. The van der Waals surface area contributed by atoms with E-state index in [-0.39, 0.29) is 0 Å². The van der Waals surface area contributed by atoms with Crippen LogP contribution in [0, 0.1) is 13.8 Å². The van der Waals surface area contributed by atoms with Crippen LogP contribution >= 0.6 is 0 Å². The second-order valence-electron chi connectivity index (χ2n) is 6.30. The number of benzene rings is 2. The summed E-state index contributed by atoms with van der Waals surface area (Å²) in [5.41, 5.74) is 8.97. The maximum Gasteiger partial charge on any atom is 0.0541 e. The Balaban J connectivity index is 0.000000948. The Morgan fingerprint density at radius 2 is 1.62 bits per heavy atom. The summed E-state index contributed by atoms with van der Waals surface area (Å²) in [6.07, 6.45) is 4.12. The van der Waals surface area contributed by atoms with Gasteiger partial charge in [-0.2, -0.15) is 0 Å². The maximum absolute atomic E-state index is 4.06. The third-order valence-electron chi connectivity index (χ3n) is 4.84. The highest BCUT2D eigenvalue weighted by molar-refractivity contribution is 5.94. The van der Waals surface area contributed by atoms with Crippen molar-refractivity contribution in [1.82, 2.24) is 4.57 Å². The highest BCUT2D eigenvalue weighted by Gasteiger charge is 2.16. The molecule has 2 aromatic carbocycles. The third-order valence-corrected chi connectivity index (χ3v) is 4.84. The Labute approximate surface area is 156 Å². The smallest absolute Gasteiger partial charge is 0.0541 e. The molecule has 0 bridgehead atoms. The van der Waals surface area contributed by atoms with E-state index < -0.39 is 0 Å². The largest absolute Gasteiger partial charge is 0.355 e. The molecule has 0 fully saturated rings. The summed E-state index contributed by atoms with van der Waals surface area (Å²) in [5.74, 6) is 0. The standard InChI is InChI=1S/C22H20N2.C2H6/c1-14-10-11-18-12-22-20(13-21(18)23-16(14)3)15(2)17(4)24(22)19-8-6-5-7-9-19;1-2/h5-13,23H,1,3H2,2,4H3;1-2H3. The molecule has 0 radical (unpaired) electrons. The Morgan fingerprint density at radius 1 is 0.923 bits per heavy atom. The highest BCUT2D eigenvalue weighted by Crippen LogP contribution is 2.35. The van der Waals surface area contributed by atoms with Gasteiger partial charge in [0.15, 0.2) is 0 Å². The van der Waals surface area contributed by atoms with Gasteiger partial charge in [0.2, 0.25) is 0 Å². The summed E-state index contributed by atoms with van der Waals surface area (Å²) in [4.78, 5) is 0. The van der Waals surface area contributed by atoms with Gasteiger partial charge in [-0.1, -0.05) is 57.4 Å². The van der Waals surface area contributed by atoms with Crippen LogP contribution < -0.4 is 5.32 Å². The van der Waals surface area contributed by atoms with E-state index in [2.05, 4.69) is 79.4 Å². The predicted octanol–water partition coefficient (Wildman–Crippen LogP) is 6.78. The van der Waals surface area contributed by atoms with Gasteiger partial charge in [0.1, 0.15) is 0 Å². The lowest BCUT2D eigenvalue weighted by Gasteiger charge is -2.12. The molecular weight excluding hydrogens is 316 g/mol. The summed E-state index contributed by atoms with van der Waals surface area (Å²) in [7, 11) is 0. The Morgan fingerprint density at radius 3 is 2.31 bits per heavy atom. The normalized spacial score (nSPS) is 12.9. The van der Waals surface area contributed by atoms with Crippen molar-refractivity contribution in [3.8, 4) is 5.69 Å². The quantitative estimate of drug-likeness (QED) is 0.515. The van der Waals surface area contributed by atoms with E-state index in [0.717, 1.165) is 22.5 Å². The number of para-hydroxylation sites is 1. The Kier molecular flexibility index (Phi) is 4.85. The van der Waals surface area contributed by atoms with Crippen LogP contribution in [0.15, 0.2) is 73.0 Å². The number of allylic oxidation sites excluding steroid dienone is 1. The molecule has 1 aromatic heterocycles. The first-order valence-electron chi connectivity index (χ1n) is 9.10. The van der Waals surface area contributed by atoms with Crippen LogP contribution in [0.1, 0.15) is 30.7 Å². The number of anilines is 1. The van der Waals surface area contributed by atoms with Crippen LogP contribution in [0.3, 0.4) is 0 Å². The number of hydrogen-bond acceptors (Lipinski definition) is 1. The number of aryl methyl sites for hydroxylation is 1. The minimum absolute atomic E-state index is 0.848. The summed E-state index contributed by atoms with van der Waals surface area (Å²) >= 11 is 0. The molecule has 2 nitrogen and oxygen atoms in total. The van der Waals surface area contributed by atoms with Crippen molar-refractivity contribution in [3.63, 3.8) is 0 Å². The van der Waals surface area contributed by atoms with Crippen LogP contribution in [-0.4, -0.2) is 4.57 Å². The van der Waals surface area contributed by atoms with Gasteiger partial charge in [0.05, 0.1) is 5.52 Å². The van der Waals surface area contributed by atoms with E-state index in [1.807, 2.05) is 26.0 Å². The number of fused-ring (bicyclic) bond motifs is 2. The Bertz CT molecular complexity index is 1020. The second kappa shape index (κ2) is 7.09. The molecule has 2 heteroatoms. The number of rotatable bonds is 1. The fourth-order valence-electron chi connectivity index (χ4n) is 3.32. The van der Waals surface area contributed by atoms with Gasteiger partial charge < -0.3 is 9.88 Å². The predicted molar refractivity (Wildman–Crippen MR) is 115 cm³/mol. The SMILES string of the molecule is C=C1C=Cc2cc3c(cc2NC1=C)c(C)c(C)n3-c1ccccc1.CC. The lowest BCUT2D eigenvalue weighted by Crippen LogP contribution is -1.99. The summed E-state index contributed by atoms with van der Waals surface area (Å²) in [6.45, 7) is 16.5. The van der Waals surface area contributed by atoms with E-state index in [1.165, 1.54) is 27.8 Å². The van der Waals surface area contributed by atoms with Crippen molar-refractivity contribution >= 4 is 22.7 Å². The van der Waals surface area contributed by atoms with Gasteiger partial charge in [0, 0.05) is 33.7 Å². The van der Waals surface area contributed by atoms with Crippen molar-refractivity contribution in [2.24, 2.45) is 0 Å². The maximum atomic E-state index is 4.06. The minimum atomic E-state index is 0.848. The van der Waals surface area contributed by atoms with Gasteiger partial charge in [-0.15, -0.1) is 0 Å². The van der Waals surface area contributed by atoms with Gasteiger partial charge >= 0.3 is 0 Å². The molecule has 0 unspecified atom stereocenters. The molecule has 0 aliphatic carbocycles. The third kappa shape index (κ3) is 2.88. The molecule has 1 aliphatic heterocycles. The molecule has 0 amide bonds. The van der Waals surface area contributed by atoms with Gasteiger partial charge in [-0.25, -0.2) is 0 Å². The average Bonchev–Trinajstić information content (AvgIpc) is 2.82. The molecule has 3 aromatic rings. The molecule has 2 heterocycles. The van der Waals surface area contributed by atoms with Crippen LogP contribution in [-0.2, 0) is 0 Å². The van der Waals surface area contributed by atoms with Crippen molar-refractivity contribution in [2.45, 2.75) is 27.7 Å².